The monoisotopic (exact) mass is 406 g/mol. The molecule has 3 heterocycles. The van der Waals surface area contributed by atoms with Crippen molar-refractivity contribution in [2.45, 2.75) is 0 Å². The number of aromatic nitrogens is 3. The molecule has 0 radical (unpaired) electrons. The number of nitrogens with zero attached hydrogens (tertiary/aromatic N) is 4. The van der Waals surface area contributed by atoms with Gasteiger partial charge in [-0.3, -0.25) is 9.78 Å². The number of ether oxygens (including phenoxy) is 2. The van der Waals surface area contributed by atoms with E-state index in [1.165, 1.54) is 6.20 Å². The summed E-state index contributed by atoms with van der Waals surface area (Å²) in [4.78, 5) is 27.9. The Morgan fingerprint density at radius 3 is 2.80 bits per heavy atom. The maximum atomic E-state index is 13.0. The zero-order valence-corrected chi connectivity index (χ0v) is 16.5. The lowest BCUT2D eigenvalue weighted by molar-refractivity contribution is 0.102. The lowest BCUT2D eigenvalue weighted by atomic mass is 10.1. The van der Waals surface area contributed by atoms with Gasteiger partial charge in [0.2, 0.25) is 0 Å². The summed E-state index contributed by atoms with van der Waals surface area (Å²) in [6.45, 7) is 2.74. The van der Waals surface area contributed by atoms with E-state index >= 15 is 0 Å². The first-order valence-electron chi connectivity index (χ1n) is 9.51. The molecule has 1 aliphatic heterocycles. The number of para-hydroxylation sites is 1. The van der Waals surface area contributed by atoms with Crippen molar-refractivity contribution in [3.05, 3.63) is 54.6 Å². The molecular formula is C21H22N6O3. The Bertz CT molecular complexity index is 1050. The van der Waals surface area contributed by atoms with Gasteiger partial charge in [-0.2, -0.15) is 0 Å². The first-order chi connectivity index (χ1) is 14.7. The van der Waals surface area contributed by atoms with E-state index < -0.39 is 5.91 Å². The van der Waals surface area contributed by atoms with E-state index in [0.29, 0.717) is 30.3 Å². The van der Waals surface area contributed by atoms with Crippen molar-refractivity contribution >= 4 is 23.1 Å². The van der Waals surface area contributed by atoms with Gasteiger partial charge >= 0.3 is 0 Å². The number of anilines is 3. The van der Waals surface area contributed by atoms with Gasteiger partial charge in [-0.05, 0) is 18.2 Å². The van der Waals surface area contributed by atoms with Gasteiger partial charge in [-0.25, -0.2) is 9.97 Å². The maximum Gasteiger partial charge on any atom is 0.278 e. The Balaban J connectivity index is 1.63. The summed E-state index contributed by atoms with van der Waals surface area (Å²) < 4.78 is 10.8. The van der Waals surface area contributed by atoms with Gasteiger partial charge in [0.15, 0.2) is 11.5 Å². The summed E-state index contributed by atoms with van der Waals surface area (Å²) in [5.41, 5.74) is 8.66. The first-order valence-corrected chi connectivity index (χ1v) is 9.51. The van der Waals surface area contributed by atoms with E-state index in [1.54, 1.807) is 19.5 Å². The van der Waals surface area contributed by atoms with Crippen molar-refractivity contribution in [3.8, 4) is 17.0 Å². The van der Waals surface area contributed by atoms with E-state index in [1.807, 2.05) is 30.3 Å². The van der Waals surface area contributed by atoms with Crippen molar-refractivity contribution in [1.82, 2.24) is 15.0 Å². The maximum absolute atomic E-state index is 13.0. The number of hydrogen-bond acceptors (Lipinski definition) is 8. The van der Waals surface area contributed by atoms with Crippen LogP contribution in [0.4, 0.5) is 17.2 Å². The number of nitrogen functional groups attached to an aromatic ring is 1. The summed E-state index contributed by atoms with van der Waals surface area (Å²) in [5, 5.41) is 2.87. The Morgan fingerprint density at radius 1 is 1.20 bits per heavy atom. The first kappa shape index (κ1) is 19.6. The fourth-order valence-corrected chi connectivity index (χ4v) is 3.30. The highest BCUT2D eigenvalue weighted by atomic mass is 16.5. The van der Waals surface area contributed by atoms with Crippen molar-refractivity contribution < 1.29 is 14.3 Å². The smallest absolute Gasteiger partial charge is 0.278 e. The fraction of sp³-hybridized carbons (Fsp3) is 0.238. The summed E-state index contributed by atoms with van der Waals surface area (Å²) >= 11 is 0. The summed E-state index contributed by atoms with van der Waals surface area (Å²) in [6, 6.07) is 9.24. The highest BCUT2D eigenvalue weighted by Gasteiger charge is 2.20. The van der Waals surface area contributed by atoms with Gasteiger partial charge in [0, 0.05) is 24.8 Å². The molecule has 0 atom stereocenters. The molecule has 1 aliphatic rings. The summed E-state index contributed by atoms with van der Waals surface area (Å²) in [6.07, 6.45) is 4.82. The summed E-state index contributed by atoms with van der Waals surface area (Å²) in [5.74, 6) is 0.215. The molecule has 3 aromatic rings. The second-order valence-electron chi connectivity index (χ2n) is 6.64. The number of benzene rings is 1. The average molecular weight is 406 g/mol. The van der Waals surface area contributed by atoms with Gasteiger partial charge in [0.1, 0.15) is 5.75 Å². The van der Waals surface area contributed by atoms with Crippen LogP contribution in [0, 0.1) is 0 Å². The molecule has 0 saturated carbocycles. The molecule has 3 N–H and O–H groups in total. The highest BCUT2D eigenvalue weighted by molar-refractivity contribution is 6.07. The quantitative estimate of drug-likeness (QED) is 0.663. The number of nitrogens with two attached hydrogens (primary N) is 1. The van der Waals surface area contributed by atoms with Crippen molar-refractivity contribution in [2.24, 2.45) is 0 Å². The Morgan fingerprint density at radius 2 is 2.00 bits per heavy atom. The number of morpholine rings is 1. The van der Waals surface area contributed by atoms with Gasteiger partial charge in [0.05, 0.1) is 49.8 Å². The normalized spacial score (nSPS) is 13.7. The van der Waals surface area contributed by atoms with E-state index in [4.69, 9.17) is 15.2 Å². The SMILES string of the molecule is COc1ccccc1-c1cnc(N)c(C(=O)Nc2cnccc2N2CCOCC2)n1. The lowest BCUT2D eigenvalue weighted by Crippen LogP contribution is -2.36. The predicted molar refractivity (Wildman–Crippen MR) is 114 cm³/mol. The molecular weight excluding hydrogens is 384 g/mol. The number of amides is 1. The van der Waals surface area contributed by atoms with Crippen LogP contribution in [-0.2, 0) is 4.74 Å². The third-order valence-electron chi connectivity index (χ3n) is 4.80. The second-order valence-corrected chi connectivity index (χ2v) is 6.64. The highest BCUT2D eigenvalue weighted by Crippen LogP contribution is 2.29. The van der Waals surface area contributed by atoms with Crippen molar-refractivity contribution in [3.63, 3.8) is 0 Å². The van der Waals surface area contributed by atoms with E-state index in [2.05, 4.69) is 25.2 Å². The molecule has 2 aromatic heterocycles. The molecule has 9 nitrogen and oxygen atoms in total. The van der Waals surface area contributed by atoms with Crippen LogP contribution in [0.2, 0.25) is 0 Å². The van der Waals surface area contributed by atoms with Crippen LogP contribution in [0.15, 0.2) is 48.9 Å². The molecule has 0 aliphatic carbocycles. The van der Waals surface area contributed by atoms with Crippen LogP contribution in [0.1, 0.15) is 10.5 Å². The lowest BCUT2D eigenvalue weighted by Gasteiger charge is -2.30. The Labute approximate surface area is 173 Å². The molecule has 1 aromatic carbocycles. The number of nitrogens with one attached hydrogen (secondary N) is 1. The number of hydrogen-bond donors (Lipinski definition) is 2. The standard InChI is InChI=1S/C21H22N6O3/c1-29-18-5-3-2-4-14(18)15-13-24-20(22)19(25-15)21(28)26-16-12-23-7-6-17(16)27-8-10-30-11-9-27/h2-7,12-13H,8-11H2,1H3,(H2,22,24)(H,26,28). The number of carbonyl (C=O) groups is 1. The molecule has 0 spiro atoms. The van der Waals surface area contributed by atoms with Crippen LogP contribution >= 0.6 is 0 Å². The second kappa shape index (κ2) is 8.75. The Kier molecular flexibility index (Phi) is 5.71. The molecule has 0 unspecified atom stereocenters. The van der Waals surface area contributed by atoms with Crippen molar-refractivity contribution in [2.75, 3.05) is 49.4 Å². The number of pyridine rings is 1. The van der Waals surface area contributed by atoms with E-state index in [9.17, 15) is 4.79 Å². The van der Waals surface area contributed by atoms with Gasteiger partial charge in [0.25, 0.3) is 5.91 Å². The third kappa shape index (κ3) is 4.01. The van der Waals surface area contributed by atoms with E-state index in [-0.39, 0.29) is 11.5 Å². The fourth-order valence-electron chi connectivity index (χ4n) is 3.30. The number of carbonyl (C=O) groups excluding carboxylic acids is 1. The molecule has 154 valence electrons. The summed E-state index contributed by atoms with van der Waals surface area (Å²) in [7, 11) is 1.58. The minimum atomic E-state index is -0.459. The molecule has 1 amide bonds. The van der Waals surface area contributed by atoms with Crippen LogP contribution in [-0.4, -0.2) is 54.3 Å². The molecule has 9 heteroatoms. The van der Waals surface area contributed by atoms with Crippen molar-refractivity contribution in [1.29, 1.82) is 0 Å². The molecule has 0 bridgehead atoms. The molecule has 30 heavy (non-hydrogen) atoms. The zero-order valence-electron chi connectivity index (χ0n) is 16.5. The molecule has 4 rings (SSSR count). The van der Waals surface area contributed by atoms with E-state index in [0.717, 1.165) is 24.3 Å². The van der Waals surface area contributed by atoms with Gasteiger partial charge < -0.3 is 25.4 Å². The molecule has 1 saturated heterocycles. The Hall–Kier alpha value is -3.72. The topological polar surface area (TPSA) is 115 Å². The minimum Gasteiger partial charge on any atom is -0.496 e. The predicted octanol–water partition coefficient (Wildman–Crippen LogP) is 2.22. The molecule has 1 fully saturated rings. The van der Waals surface area contributed by atoms with Crippen LogP contribution < -0.4 is 20.7 Å². The number of rotatable bonds is 5. The van der Waals surface area contributed by atoms with Gasteiger partial charge in [-0.1, -0.05) is 12.1 Å². The zero-order chi connectivity index (χ0) is 20.9. The van der Waals surface area contributed by atoms with Gasteiger partial charge in [-0.15, -0.1) is 0 Å². The minimum absolute atomic E-state index is 0.0372. The average Bonchev–Trinajstić information content (AvgIpc) is 2.80. The van der Waals surface area contributed by atoms with Crippen LogP contribution in [0.3, 0.4) is 0 Å². The number of methoxy groups -OCH3 is 1. The van der Waals surface area contributed by atoms with Crippen LogP contribution in [0.25, 0.3) is 11.3 Å². The largest absolute Gasteiger partial charge is 0.496 e. The van der Waals surface area contributed by atoms with Crippen LogP contribution in [0.5, 0.6) is 5.75 Å². The third-order valence-corrected chi connectivity index (χ3v) is 4.80.